The molecule has 1 saturated heterocycles. The van der Waals surface area contributed by atoms with Crippen LogP contribution >= 0.6 is 0 Å². The van der Waals surface area contributed by atoms with E-state index in [-0.39, 0.29) is 5.82 Å². The number of rotatable bonds is 3. The number of hydrogen-bond donors (Lipinski definition) is 0. The van der Waals surface area contributed by atoms with Gasteiger partial charge in [-0.15, -0.1) is 0 Å². The summed E-state index contributed by atoms with van der Waals surface area (Å²) in [5, 5.41) is 0.692. The summed E-state index contributed by atoms with van der Waals surface area (Å²) >= 11 is 0. The third-order valence-corrected chi connectivity index (χ3v) is 6.34. The van der Waals surface area contributed by atoms with Gasteiger partial charge in [0.05, 0.1) is 37.1 Å². The summed E-state index contributed by atoms with van der Waals surface area (Å²) in [7, 11) is 1.37. The Morgan fingerprint density at radius 3 is 2.58 bits per heavy atom. The molecule has 2 aromatic carbocycles. The third-order valence-electron chi connectivity index (χ3n) is 6.34. The van der Waals surface area contributed by atoms with Crippen molar-refractivity contribution in [1.29, 1.82) is 0 Å². The minimum atomic E-state index is -0.446. The lowest BCUT2D eigenvalue weighted by Gasteiger charge is -2.29. The van der Waals surface area contributed by atoms with E-state index in [1.807, 2.05) is 43.5 Å². The Kier molecular flexibility index (Phi) is 5.25. The van der Waals surface area contributed by atoms with E-state index < -0.39 is 5.97 Å². The third kappa shape index (κ3) is 3.41. The molecule has 0 aliphatic carbocycles. The Hall–Kier alpha value is -3.52. The quantitative estimate of drug-likeness (QED) is 0.436. The number of methoxy groups -OCH3 is 1. The monoisotopic (exact) mass is 448 g/mol. The van der Waals surface area contributed by atoms with Crippen LogP contribution in [-0.4, -0.2) is 53.9 Å². The molecule has 5 rings (SSSR count). The predicted octanol–water partition coefficient (Wildman–Crippen LogP) is 4.26. The number of ether oxygens (including phenoxy) is 2. The maximum atomic E-state index is 14.7. The Morgan fingerprint density at radius 1 is 1.09 bits per heavy atom. The van der Waals surface area contributed by atoms with E-state index in [1.54, 1.807) is 6.07 Å². The Bertz CT molecular complexity index is 1410. The summed E-state index contributed by atoms with van der Waals surface area (Å²) in [5.74, 6) is -0.130. The summed E-state index contributed by atoms with van der Waals surface area (Å²) in [6.45, 7) is 8.42. The van der Waals surface area contributed by atoms with Crippen LogP contribution in [0.5, 0.6) is 0 Å². The first kappa shape index (κ1) is 21.3. The summed E-state index contributed by atoms with van der Waals surface area (Å²) < 4.78 is 27.3. The van der Waals surface area contributed by atoms with Crippen molar-refractivity contribution in [3.05, 3.63) is 58.8 Å². The first-order valence-corrected chi connectivity index (χ1v) is 10.9. The molecule has 3 heterocycles. The van der Waals surface area contributed by atoms with Crippen molar-refractivity contribution in [2.24, 2.45) is 0 Å². The number of para-hydroxylation sites is 1. The van der Waals surface area contributed by atoms with E-state index in [0.717, 1.165) is 41.2 Å². The van der Waals surface area contributed by atoms with Gasteiger partial charge >= 0.3 is 5.97 Å². The number of morpholine rings is 1. The van der Waals surface area contributed by atoms with E-state index in [9.17, 15) is 9.18 Å². The van der Waals surface area contributed by atoms with Gasteiger partial charge in [0.2, 0.25) is 0 Å². The van der Waals surface area contributed by atoms with Gasteiger partial charge in [-0.1, -0.05) is 12.1 Å². The second kappa shape index (κ2) is 8.12. The number of fused-ring (bicyclic) bond motifs is 2. The number of carbonyl (C=O) groups is 1. The normalized spacial score (nSPS) is 14.3. The zero-order chi connectivity index (χ0) is 23.3. The molecule has 0 atom stereocenters. The first-order chi connectivity index (χ1) is 15.9. The molecular weight excluding hydrogens is 423 g/mol. The second-order valence-electron chi connectivity index (χ2n) is 8.25. The van der Waals surface area contributed by atoms with Crippen molar-refractivity contribution in [2.45, 2.75) is 20.8 Å². The highest BCUT2D eigenvalue weighted by Crippen LogP contribution is 2.35. The van der Waals surface area contributed by atoms with Crippen LogP contribution in [0.2, 0.25) is 0 Å². The lowest BCUT2D eigenvalue weighted by molar-refractivity contribution is 0.0603. The molecule has 0 bridgehead atoms. The molecule has 33 heavy (non-hydrogen) atoms. The number of hydrogen-bond acceptors (Lipinski definition) is 6. The number of esters is 1. The fourth-order valence-corrected chi connectivity index (χ4v) is 4.56. The zero-order valence-corrected chi connectivity index (χ0v) is 19.1. The van der Waals surface area contributed by atoms with Crippen LogP contribution in [-0.2, 0) is 9.47 Å². The number of carbonyl (C=O) groups excluding carboxylic acids is 1. The number of anilines is 1. The molecule has 7 nitrogen and oxygen atoms in total. The lowest BCUT2D eigenvalue weighted by Crippen LogP contribution is -2.36. The van der Waals surface area contributed by atoms with Crippen molar-refractivity contribution in [2.75, 3.05) is 38.3 Å². The highest BCUT2D eigenvalue weighted by atomic mass is 19.1. The SMILES string of the molecule is COC(=O)c1cc(N2CCOCC2)cc2c1nc(C)n2-c1c(C)c(C)nc2c(F)cccc12. The average Bonchev–Trinajstić information content (AvgIpc) is 3.15. The molecule has 8 heteroatoms. The van der Waals surface area contributed by atoms with Crippen LogP contribution in [0.15, 0.2) is 30.3 Å². The second-order valence-corrected chi connectivity index (χ2v) is 8.25. The number of halogens is 1. The summed E-state index contributed by atoms with van der Waals surface area (Å²) in [4.78, 5) is 24.2. The molecule has 0 unspecified atom stereocenters. The number of aryl methyl sites for hydroxylation is 2. The van der Waals surface area contributed by atoms with Gasteiger partial charge in [-0.05, 0) is 44.5 Å². The van der Waals surface area contributed by atoms with Gasteiger partial charge in [0.25, 0.3) is 0 Å². The smallest absolute Gasteiger partial charge is 0.340 e. The van der Waals surface area contributed by atoms with Gasteiger partial charge in [-0.25, -0.2) is 19.2 Å². The number of aromatic nitrogens is 3. The minimum absolute atomic E-state index is 0.314. The van der Waals surface area contributed by atoms with Gasteiger partial charge in [-0.2, -0.15) is 0 Å². The van der Waals surface area contributed by atoms with Crippen molar-refractivity contribution in [3.63, 3.8) is 0 Å². The maximum Gasteiger partial charge on any atom is 0.340 e. The predicted molar refractivity (Wildman–Crippen MR) is 125 cm³/mol. The molecular formula is C25H25FN4O3. The first-order valence-electron chi connectivity index (χ1n) is 10.9. The standard InChI is InChI=1S/C25H25FN4O3/c1-14-15(2)27-22-18(6-5-7-20(22)26)24(14)30-16(3)28-23-19(25(31)32-4)12-17(13-21(23)30)29-8-10-33-11-9-29/h5-7,12-13H,8-11H2,1-4H3. The Morgan fingerprint density at radius 2 is 1.85 bits per heavy atom. The van der Waals surface area contributed by atoms with Gasteiger partial charge < -0.3 is 14.4 Å². The average molecular weight is 448 g/mol. The topological polar surface area (TPSA) is 69.5 Å². The Balaban J connectivity index is 1.87. The van der Waals surface area contributed by atoms with Crippen LogP contribution in [0.1, 0.15) is 27.4 Å². The van der Waals surface area contributed by atoms with E-state index in [4.69, 9.17) is 14.5 Å². The highest BCUT2D eigenvalue weighted by Gasteiger charge is 2.24. The Labute approximate surface area is 190 Å². The molecule has 0 N–H and O–H groups in total. The summed E-state index contributed by atoms with van der Waals surface area (Å²) in [5.41, 5.74) is 5.39. The molecule has 170 valence electrons. The maximum absolute atomic E-state index is 14.7. The molecule has 1 fully saturated rings. The molecule has 0 spiro atoms. The summed E-state index contributed by atoms with van der Waals surface area (Å²) in [6, 6.07) is 8.83. The fraction of sp³-hybridized carbons (Fsp3) is 0.320. The highest BCUT2D eigenvalue weighted by molar-refractivity contribution is 6.05. The van der Waals surface area contributed by atoms with Crippen LogP contribution in [0, 0.1) is 26.6 Å². The van der Waals surface area contributed by atoms with Crippen molar-refractivity contribution in [3.8, 4) is 5.69 Å². The summed E-state index contributed by atoms with van der Waals surface area (Å²) in [6.07, 6.45) is 0. The van der Waals surface area contributed by atoms with Crippen molar-refractivity contribution >= 4 is 33.6 Å². The van der Waals surface area contributed by atoms with Gasteiger partial charge in [0.1, 0.15) is 22.7 Å². The molecule has 0 saturated carbocycles. The van der Waals surface area contributed by atoms with Crippen molar-refractivity contribution in [1.82, 2.24) is 14.5 Å². The molecule has 0 radical (unpaired) electrons. The lowest BCUT2D eigenvalue weighted by atomic mass is 10.1. The fourth-order valence-electron chi connectivity index (χ4n) is 4.56. The van der Waals surface area contributed by atoms with E-state index >= 15 is 0 Å². The number of benzene rings is 2. The molecule has 2 aromatic heterocycles. The van der Waals surface area contributed by atoms with E-state index in [2.05, 4.69) is 9.88 Å². The molecule has 4 aromatic rings. The van der Waals surface area contributed by atoms with Gasteiger partial charge in [-0.3, -0.25) is 4.57 Å². The zero-order valence-electron chi connectivity index (χ0n) is 19.1. The minimum Gasteiger partial charge on any atom is -0.465 e. The van der Waals surface area contributed by atoms with Crippen LogP contribution in [0.3, 0.4) is 0 Å². The van der Waals surface area contributed by atoms with Crippen LogP contribution < -0.4 is 4.90 Å². The van der Waals surface area contributed by atoms with Crippen LogP contribution in [0.25, 0.3) is 27.6 Å². The molecule has 0 amide bonds. The number of imidazole rings is 1. The largest absolute Gasteiger partial charge is 0.465 e. The molecule has 1 aliphatic rings. The number of pyridine rings is 1. The van der Waals surface area contributed by atoms with Crippen LogP contribution in [0.4, 0.5) is 10.1 Å². The van der Waals surface area contributed by atoms with Gasteiger partial charge in [0, 0.05) is 29.9 Å². The number of nitrogens with zero attached hydrogens (tertiary/aromatic N) is 4. The van der Waals surface area contributed by atoms with E-state index in [1.165, 1.54) is 13.2 Å². The van der Waals surface area contributed by atoms with Crippen molar-refractivity contribution < 1.29 is 18.7 Å². The van der Waals surface area contributed by atoms with Gasteiger partial charge in [0.15, 0.2) is 0 Å². The van der Waals surface area contributed by atoms with E-state index in [0.29, 0.717) is 41.0 Å². The molecule has 1 aliphatic heterocycles.